The van der Waals surface area contributed by atoms with E-state index in [4.69, 9.17) is 4.74 Å². The summed E-state index contributed by atoms with van der Waals surface area (Å²) in [4.78, 5) is 28.5. The van der Waals surface area contributed by atoms with Crippen LogP contribution in [0.4, 0.5) is 4.79 Å². The second-order valence-electron chi connectivity index (χ2n) is 9.14. The van der Waals surface area contributed by atoms with Crippen LogP contribution in [-0.4, -0.2) is 41.0 Å². The highest BCUT2D eigenvalue weighted by atomic mass is 16.6. The molecule has 0 atom stereocenters. The Labute approximate surface area is 190 Å². The first-order valence-corrected chi connectivity index (χ1v) is 11.4. The highest BCUT2D eigenvalue weighted by molar-refractivity contribution is 5.96. The molecule has 0 bridgehead atoms. The van der Waals surface area contributed by atoms with E-state index in [1.807, 2.05) is 32.9 Å². The van der Waals surface area contributed by atoms with Crippen molar-refractivity contribution in [3.05, 3.63) is 60.3 Å². The van der Waals surface area contributed by atoms with Gasteiger partial charge in [0.1, 0.15) is 11.9 Å². The Morgan fingerprint density at radius 2 is 1.72 bits per heavy atom. The minimum atomic E-state index is -0.533. The van der Waals surface area contributed by atoms with E-state index < -0.39 is 5.60 Å². The molecule has 0 saturated carbocycles. The van der Waals surface area contributed by atoms with E-state index in [0.29, 0.717) is 19.5 Å². The van der Waals surface area contributed by atoms with Crippen molar-refractivity contribution in [2.45, 2.75) is 58.5 Å². The van der Waals surface area contributed by atoms with Crippen molar-refractivity contribution in [1.29, 1.82) is 0 Å². The molecular weight excluding hydrogens is 400 g/mol. The molecule has 170 valence electrons. The molecule has 0 spiro atoms. The summed E-state index contributed by atoms with van der Waals surface area (Å²) in [7, 11) is 0. The van der Waals surface area contributed by atoms with Gasteiger partial charge in [0.05, 0.1) is 0 Å². The van der Waals surface area contributed by atoms with Crippen molar-refractivity contribution >= 4 is 23.3 Å². The van der Waals surface area contributed by atoms with E-state index in [1.165, 1.54) is 22.1 Å². The summed E-state index contributed by atoms with van der Waals surface area (Å²) in [6.07, 6.45) is 6.68. The molecule has 0 aliphatic carbocycles. The molecule has 1 aromatic heterocycles. The third-order valence-corrected chi connectivity index (χ3v) is 5.45. The van der Waals surface area contributed by atoms with Crippen LogP contribution in [0.2, 0.25) is 0 Å². The fourth-order valence-electron chi connectivity index (χ4n) is 3.88. The number of nitrogens with zero attached hydrogens (tertiary/aromatic N) is 1. The van der Waals surface area contributed by atoms with Gasteiger partial charge in [-0.05, 0) is 57.2 Å². The molecule has 0 fully saturated rings. The summed E-state index contributed by atoms with van der Waals surface area (Å²) in [5, 5.41) is 1.19. The molecule has 0 radical (unpaired) electrons. The first-order chi connectivity index (χ1) is 15.4. The van der Waals surface area contributed by atoms with Gasteiger partial charge < -0.3 is 19.4 Å². The van der Waals surface area contributed by atoms with Crippen LogP contribution in [0.3, 0.4) is 0 Å². The van der Waals surface area contributed by atoms with Gasteiger partial charge in [-0.2, -0.15) is 0 Å². The summed E-state index contributed by atoms with van der Waals surface area (Å²) in [6.45, 7) is 6.88. The summed E-state index contributed by atoms with van der Waals surface area (Å²) in [5.74, 6) is 0. The van der Waals surface area contributed by atoms with Crippen LogP contribution in [0.1, 0.15) is 52.0 Å². The van der Waals surface area contributed by atoms with Gasteiger partial charge in [-0.1, -0.05) is 48.9 Å². The average Bonchev–Trinajstić information content (AvgIpc) is 3.18. The number of ether oxygens (including phenoxy) is 1. The van der Waals surface area contributed by atoms with Gasteiger partial charge in [0.25, 0.3) is 0 Å². The Balaban J connectivity index is 1.75. The van der Waals surface area contributed by atoms with Crippen LogP contribution in [0.25, 0.3) is 22.0 Å². The van der Waals surface area contributed by atoms with Gasteiger partial charge in [-0.15, -0.1) is 0 Å². The molecule has 0 aliphatic rings. The van der Waals surface area contributed by atoms with Crippen LogP contribution < -0.4 is 0 Å². The molecule has 3 aromatic rings. The number of hydrogen-bond acceptors (Lipinski definition) is 3. The molecule has 0 unspecified atom stereocenters. The Morgan fingerprint density at radius 3 is 2.50 bits per heavy atom. The number of aldehydes is 1. The number of carbonyl (C=O) groups is 2. The Kier molecular flexibility index (Phi) is 8.09. The van der Waals surface area contributed by atoms with E-state index in [1.54, 1.807) is 4.90 Å². The van der Waals surface area contributed by atoms with Crippen LogP contribution in [0.15, 0.2) is 54.7 Å². The number of fused-ring (bicyclic) bond motifs is 1. The lowest BCUT2D eigenvalue weighted by atomic mass is 9.97. The quantitative estimate of drug-likeness (QED) is 0.298. The number of H-pyrrole nitrogens is 1. The van der Waals surface area contributed by atoms with Crippen molar-refractivity contribution in [3.8, 4) is 11.1 Å². The van der Waals surface area contributed by atoms with Gasteiger partial charge in [0, 0.05) is 42.2 Å². The highest BCUT2D eigenvalue weighted by Crippen LogP contribution is 2.31. The normalized spacial score (nSPS) is 11.5. The average molecular weight is 435 g/mol. The SMILES string of the molecule is CC(C)(C)OC(=O)N(CCCCCC=O)CCc1ccccc1-c1c[nH]c2ccccc12. The minimum Gasteiger partial charge on any atom is -0.444 e. The molecule has 5 nitrogen and oxygen atoms in total. The maximum Gasteiger partial charge on any atom is 0.410 e. The molecule has 32 heavy (non-hydrogen) atoms. The lowest BCUT2D eigenvalue weighted by Gasteiger charge is -2.27. The molecule has 0 saturated heterocycles. The van der Waals surface area contributed by atoms with E-state index in [-0.39, 0.29) is 6.09 Å². The molecule has 1 N–H and O–H groups in total. The standard InChI is InChI=1S/C27H34N2O3/c1-27(2,3)32-26(31)29(17-10-4-5-11-19-30)18-16-21-12-6-7-13-22(21)24-20-28-25-15-9-8-14-23(24)25/h6-9,12-15,19-20,28H,4-5,10-11,16-18H2,1-3H3. The largest absolute Gasteiger partial charge is 0.444 e. The summed E-state index contributed by atoms with van der Waals surface area (Å²) < 4.78 is 5.65. The molecular formula is C27H34N2O3. The zero-order valence-electron chi connectivity index (χ0n) is 19.4. The zero-order valence-corrected chi connectivity index (χ0v) is 19.4. The third kappa shape index (κ3) is 6.46. The van der Waals surface area contributed by atoms with Crippen molar-refractivity contribution in [1.82, 2.24) is 9.88 Å². The van der Waals surface area contributed by atoms with E-state index in [9.17, 15) is 9.59 Å². The zero-order chi connectivity index (χ0) is 23.0. The lowest BCUT2D eigenvalue weighted by Crippen LogP contribution is -2.38. The van der Waals surface area contributed by atoms with Crippen molar-refractivity contribution in [3.63, 3.8) is 0 Å². The summed E-state index contributed by atoms with van der Waals surface area (Å²) in [5.41, 5.74) is 4.14. The number of rotatable bonds is 10. The maximum absolute atomic E-state index is 12.8. The van der Waals surface area contributed by atoms with Gasteiger partial charge in [-0.25, -0.2) is 4.79 Å². The van der Waals surface area contributed by atoms with Crippen molar-refractivity contribution < 1.29 is 14.3 Å². The van der Waals surface area contributed by atoms with Crippen LogP contribution in [-0.2, 0) is 16.0 Å². The van der Waals surface area contributed by atoms with Gasteiger partial charge in [0.15, 0.2) is 0 Å². The molecule has 5 heteroatoms. The second-order valence-corrected chi connectivity index (χ2v) is 9.14. The molecule has 2 aromatic carbocycles. The summed E-state index contributed by atoms with van der Waals surface area (Å²) >= 11 is 0. The monoisotopic (exact) mass is 434 g/mol. The Bertz CT molecular complexity index is 1030. The number of aromatic nitrogens is 1. The third-order valence-electron chi connectivity index (χ3n) is 5.45. The first-order valence-electron chi connectivity index (χ1n) is 11.4. The summed E-state index contributed by atoms with van der Waals surface area (Å²) in [6, 6.07) is 16.7. The topological polar surface area (TPSA) is 62.4 Å². The Hall–Kier alpha value is -3.08. The number of aromatic amines is 1. The number of unbranched alkanes of at least 4 members (excludes halogenated alkanes) is 3. The van der Waals surface area contributed by atoms with Gasteiger partial charge in [-0.3, -0.25) is 0 Å². The van der Waals surface area contributed by atoms with Crippen molar-refractivity contribution in [2.24, 2.45) is 0 Å². The minimum absolute atomic E-state index is 0.280. The molecule has 1 heterocycles. The fourth-order valence-corrected chi connectivity index (χ4v) is 3.88. The van der Waals surface area contributed by atoms with Crippen LogP contribution >= 0.6 is 0 Å². The van der Waals surface area contributed by atoms with Crippen LogP contribution in [0, 0.1) is 0 Å². The van der Waals surface area contributed by atoms with Crippen molar-refractivity contribution in [2.75, 3.05) is 13.1 Å². The number of hydrogen-bond donors (Lipinski definition) is 1. The predicted octanol–water partition coefficient (Wildman–Crippen LogP) is 6.37. The van der Waals surface area contributed by atoms with Gasteiger partial charge in [0.2, 0.25) is 0 Å². The molecule has 0 aliphatic heterocycles. The lowest BCUT2D eigenvalue weighted by molar-refractivity contribution is -0.107. The van der Waals surface area contributed by atoms with Crippen LogP contribution in [0.5, 0.6) is 0 Å². The highest BCUT2D eigenvalue weighted by Gasteiger charge is 2.22. The Morgan fingerprint density at radius 1 is 0.969 bits per heavy atom. The molecule has 3 rings (SSSR count). The number of carbonyl (C=O) groups excluding carboxylic acids is 2. The number of amides is 1. The number of nitrogens with one attached hydrogen (secondary N) is 1. The fraction of sp³-hybridized carbons (Fsp3) is 0.407. The van der Waals surface area contributed by atoms with Gasteiger partial charge >= 0.3 is 6.09 Å². The predicted molar refractivity (Wildman–Crippen MR) is 130 cm³/mol. The molecule has 1 amide bonds. The van der Waals surface area contributed by atoms with E-state index >= 15 is 0 Å². The smallest absolute Gasteiger partial charge is 0.410 e. The number of benzene rings is 2. The number of para-hydroxylation sites is 1. The second kappa shape index (κ2) is 11.0. The van der Waals surface area contributed by atoms with E-state index in [2.05, 4.69) is 47.6 Å². The maximum atomic E-state index is 12.8. The first kappa shape index (κ1) is 23.6. The van der Waals surface area contributed by atoms with E-state index in [0.717, 1.165) is 37.5 Å².